The summed E-state index contributed by atoms with van der Waals surface area (Å²) in [5.74, 6) is -0.741. The highest BCUT2D eigenvalue weighted by atomic mass is 35.5. The van der Waals surface area contributed by atoms with Crippen LogP contribution < -0.4 is 16.0 Å². The van der Waals surface area contributed by atoms with Gasteiger partial charge in [-0.25, -0.2) is 0 Å². The Morgan fingerprint density at radius 1 is 1.17 bits per heavy atom. The van der Waals surface area contributed by atoms with Crippen LogP contribution in [0.2, 0.25) is 5.02 Å². The first-order valence-corrected chi connectivity index (χ1v) is 8.51. The molecule has 0 unspecified atom stereocenters. The first-order chi connectivity index (χ1) is 13.6. The van der Waals surface area contributed by atoms with Gasteiger partial charge in [-0.05, 0) is 35.9 Å². The van der Waals surface area contributed by atoms with Gasteiger partial charge in [0.1, 0.15) is 23.6 Å². The van der Waals surface area contributed by atoms with Crippen molar-refractivity contribution in [1.29, 1.82) is 0 Å². The number of alkyl halides is 3. The molecule has 1 amide bonds. The molecule has 3 N–H and O–H groups in total. The van der Waals surface area contributed by atoms with Crippen molar-refractivity contribution in [2.45, 2.75) is 12.8 Å². The summed E-state index contributed by atoms with van der Waals surface area (Å²) in [5.41, 5.74) is 2.39. The van der Waals surface area contributed by atoms with E-state index >= 15 is 0 Å². The zero-order chi connectivity index (χ0) is 21.2. The van der Waals surface area contributed by atoms with Gasteiger partial charge in [-0.3, -0.25) is 14.6 Å². The summed E-state index contributed by atoms with van der Waals surface area (Å²) < 4.78 is 45.5. The summed E-state index contributed by atoms with van der Waals surface area (Å²) in [6.07, 6.45) is -3.37. The van der Waals surface area contributed by atoms with Crippen molar-refractivity contribution in [2.75, 3.05) is 0 Å². The van der Waals surface area contributed by atoms with Crippen molar-refractivity contribution in [1.82, 2.24) is 9.97 Å². The molecule has 0 saturated heterocycles. The number of nitrogens with two attached hydrogens (primary N) is 1. The van der Waals surface area contributed by atoms with Crippen molar-refractivity contribution >= 4 is 17.5 Å². The molecule has 3 aromatic rings. The summed E-state index contributed by atoms with van der Waals surface area (Å²) in [6.45, 7) is 0.134. The number of amides is 1. The van der Waals surface area contributed by atoms with Crippen LogP contribution >= 0.6 is 11.6 Å². The van der Waals surface area contributed by atoms with Gasteiger partial charge in [0.15, 0.2) is 0 Å². The molecule has 0 fully saturated rings. The Labute approximate surface area is 167 Å². The van der Waals surface area contributed by atoms with E-state index in [4.69, 9.17) is 22.1 Å². The monoisotopic (exact) mass is 423 g/mol. The van der Waals surface area contributed by atoms with Gasteiger partial charge >= 0.3 is 6.18 Å². The maximum atomic E-state index is 13.3. The Kier molecular flexibility index (Phi) is 5.60. The summed E-state index contributed by atoms with van der Waals surface area (Å²) in [7, 11) is 0. The molecule has 0 saturated carbocycles. The van der Waals surface area contributed by atoms with Crippen LogP contribution in [0.5, 0.6) is 5.75 Å². The van der Waals surface area contributed by atoms with Crippen LogP contribution in [-0.2, 0) is 12.8 Å². The summed E-state index contributed by atoms with van der Waals surface area (Å²) in [4.78, 5) is 28.8. The molecule has 0 radical (unpaired) electrons. The Hall–Kier alpha value is -3.33. The summed E-state index contributed by atoms with van der Waals surface area (Å²) >= 11 is 5.76. The van der Waals surface area contributed by atoms with Crippen LogP contribution in [0.3, 0.4) is 0 Å². The number of aromatic nitrogens is 2. The lowest BCUT2D eigenvalue weighted by Crippen LogP contribution is -2.27. The highest BCUT2D eigenvalue weighted by Gasteiger charge is 2.36. The van der Waals surface area contributed by atoms with Crippen LogP contribution in [0.1, 0.15) is 21.7 Å². The zero-order valence-corrected chi connectivity index (χ0v) is 15.3. The fraction of sp³-hybridized carbons (Fsp3) is 0.105. The third-order valence-electron chi connectivity index (χ3n) is 3.93. The number of carbonyl (C=O) groups is 1. The van der Waals surface area contributed by atoms with Crippen molar-refractivity contribution < 1.29 is 22.7 Å². The molecule has 0 aliphatic carbocycles. The number of primary amides is 1. The molecule has 0 spiro atoms. The number of ether oxygens (including phenoxy) is 1. The normalized spacial score (nSPS) is 11.3. The van der Waals surface area contributed by atoms with E-state index in [-0.39, 0.29) is 17.7 Å². The van der Waals surface area contributed by atoms with Gasteiger partial charge in [0.2, 0.25) is 0 Å². The molecule has 0 aliphatic rings. The molecule has 2 aromatic heterocycles. The van der Waals surface area contributed by atoms with Crippen LogP contribution in [0.4, 0.5) is 13.2 Å². The summed E-state index contributed by atoms with van der Waals surface area (Å²) in [5, 5.41) is 0.481. The van der Waals surface area contributed by atoms with E-state index in [0.29, 0.717) is 16.5 Å². The van der Waals surface area contributed by atoms with Crippen molar-refractivity contribution in [3.8, 4) is 16.9 Å². The highest BCUT2D eigenvalue weighted by molar-refractivity contribution is 6.30. The van der Waals surface area contributed by atoms with Gasteiger partial charge in [-0.15, -0.1) is 0 Å². The third-order valence-corrected chi connectivity index (χ3v) is 4.15. The maximum absolute atomic E-state index is 13.3. The molecule has 150 valence electrons. The van der Waals surface area contributed by atoms with Crippen LogP contribution in [0.15, 0.2) is 53.5 Å². The number of hydrogen-bond acceptors (Lipinski definition) is 4. The lowest BCUT2D eigenvalue weighted by Gasteiger charge is -2.14. The molecular formula is C19H13ClF3N3O3. The lowest BCUT2D eigenvalue weighted by atomic mass is 10.0. The van der Waals surface area contributed by atoms with Gasteiger partial charge in [-0.1, -0.05) is 23.7 Å². The number of rotatable bonds is 5. The fourth-order valence-electron chi connectivity index (χ4n) is 2.54. The van der Waals surface area contributed by atoms with E-state index in [1.807, 2.05) is 0 Å². The molecule has 3 rings (SSSR count). The fourth-order valence-corrected chi connectivity index (χ4v) is 2.66. The molecule has 2 heterocycles. The predicted octanol–water partition coefficient (Wildman–Crippen LogP) is 3.79. The van der Waals surface area contributed by atoms with Gasteiger partial charge in [-0.2, -0.15) is 13.2 Å². The van der Waals surface area contributed by atoms with Crippen LogP contribution in [0, 0.1) is 0 Å². The Bertz CT molecular complexity index is 1090. The molecule has 1 aromatic carbocycles. The number of nitrogens with one attached hydrogen (secondary N) is 1. The second-order valence-electron chi connectivity index (χ2n) is 5.94. The molecule has 10 heteroatoms. The standard InChI is InChI=1S/C19H13ClF3N3O3/c20-11-3-4-12(25-8-11)9-29-13-5-1-10(2-6-13)14-7-15(17(24)27)18(28)26-16(14)19(21,22)23/h1-8H,9H2,(H2,24,27)(H,26,28). The topological polar surface area (TPSA) is 98.1 Å². The van der Waals surface area contributed by atoms with E-state index in [1.165, 1.54) is 30.5 Å². The number of hydrogen-bond donors (Lipinski definition) is 2. The van der Waals surface area contributed by atoms with Crippen molar-refractivity contribution in [3.63, 3.8) is 0 Å². The molecular weight excluding hydrogens is 411 g/mol. The van der Waals surface area contributed by atoms with Gasteiger partial charge in [0.25, 0.3) is 11.5 Å². The molecule has 0 bridgehead atoms. The SMILES string of the molecule is NC(=O)c1cc(-c2ccc(OCc3ccc(Cl)cn3)cc2)c(C(F)(F)F)[nH]c1=O. The molecule has 6 nitrogen and oxygen atoms in total. The number of H-pyrrole nitrogens is 1. The number of halogens is 4. The summed E-state index contributed by atoms with van der Waals surface area (Å²) in [6, 6.07) is 9.83. The number of nitrogens with zero attached hydrogens (tertiary/aromatic N) is 1. The van der Waals surface area contributed by atoms with Gasteiger partial charge in [0, 0.05) is 11.8 Å². The highest BCUT2D eigenvalue weighted by Crippen LogP contribution is 2.35. The Morgan fingerprint density at radius 2 is 1.86 bits per heavy atom. The van der Waals surface area contributed by atoms with E-state index in [0.717, 1.165) is 6.07 Å². The Morgan fingerprint density at radius 3 is 2.41 bits per heavy atom. The maximum Gasteiger partial charge on any atom is 0.431 e. The smallest absolute Gasteiger partial charge is 0.431 e. The average Bonchev–Trinajstić information content (AvgIpc) is 2.67. The average molecular weight is 424 g/mol. The second-order valence-corrected chi connectivity index (χ2v) is 6.38. The first-order valence-electron chi connectivity index (χ1n) is 8.13. The van der Waals surface area contributed by atoms with E-state index < -0.39 is 28.9 Å². The number of benzene rings is 1. The molecule has 0 atom stereocenters. The Balaban J connectivity index is 1.90. The van der Waals surface area contributed by atoms with E-state index in [9.17, 15) is 22.8 Å². The minimum Gasteiger partial charge on any atom is -0.487 e. The van der Waals surface area contributed by atoms with Gasteiger partial charge < -0.3 is 15.5 Å². The molecule has 29 heavy (non-hydrogen) atoms. The minimum atomic E-state index is -4.83. The van der Waals surface area contributed by atoms with Gasteiger partial charge in [0.05, 0.1) is 10.7 Å². The molecule has 0 aliphatic heterocycles. The third kappa shape index (κ3) is 4.75. The predicted molar refractivity (Wildman–Crippen MR) is 99.6 cm³/mol. The minimum absolute atomic E-state index is 0.119. The number of pyridine rings is 2. The van der Waals surface area contributed by atoms with Crippen LogP contribution in [-0.4, -0.2) is 15.9 Å². The van der Waals surface area contributed by atoms with E-state index in [1.54, 1.807) is 17.1 Å². The quantitative estimate of drug-likeness (QED) is 0.652. The number of carbonyl (C=O) groups excluding carboxylic acids is 1. The largest absolute Gasteiger partial charge is 0.487 e. The van der Waals surface area contributed by atoms with Crippen molar-refractivity contribution in [3.05, 3.63) is 81.0 Å². The lowest BCUT2D eigenvalue weighted by molar-refractivity contribution is -0.140. The second kappa shape index (κ2) is 7.96. The zero-order valence-electron chi connectivity index (χ0n) is 14.6. The van der Waals surface area contributed by atoms with Crippen LogP contribution in [0.25, 0.3) is 11.1 Å². The number of aromatic amines is 1. The van der Waals surface area contributed by atoms with Crippen molar-refractivity contribution in [2.24, 2.45) is 5.73 Å². The van der Waals surface area contributed by atoms with E-state index in [2.05, 4.69) is 4.98 Å². The first kappa shape index (κ1) is 20.4.